The van der Waals surface area contributed by atoms with Crippen LogP contribution >= 0.6 is 0 Å². The number of carbonyl (C=O) groups is 1. The fourth-order valence-electron chi connectivity index (χ4n) is 2.34. The number of oxazole rings is 1. The third kappa shape index (κ3) is 6.90. The monoisotopic (exact) mass is 362 g/mol. The second-order valence-corrected chi connectivity index (χ2v) is 14.6. The van der Waals surface area contributed by atoms with Gasteiger partial charge in [-0.2, -0.15) is 0 Å². The predicted molar refractivity (Wildman–Crippen MR) is 104 cm³/mol. The van der Waals surface area contributed by atoms with Crippen LogP contribution in [-0.2, 0) is 17.7 Å². The minimum absolute atomic E-state index is 0.130. The van der Waals surface area contributed by atoms with Crippen LogP contribution in [-0.4, -0.2) is 25.8 Å². The van der Waals surface area contributed by atoms with Gasteiger partial charge in [0.25, 0.3) is 0 Å². The van der Waals surface area contributed by atoms with Gasteiger partial charge in [-0.15, -0.1) is 0 Å². The lowest BCUT2D eigenvalue weighted by Crippen LogP contribution is -2.27. The zero-order valence-corrected chi connectivity index (χ0v) is 17.2. The van der Waals surface area contributed by atoms with E-state index in [0.717, 1.165) is 35.0 Å². The molecule has 0 saturated heterocycles. The van der Waals surface area contributed by atoms with Gasteiger partial charge < -0.3 is 14.5 Å². The van der Waals surface area contributed by atoms with E-state index in [1.807, 2.05) is 18.2 Å². The van der Waals surface area contributed by atoms with E-state index in [1.165, 1.54) is 0 Å². The van der Waals surface area contributed by atoms with Crippen LogP contribution in [0.15, 0.2) is 22.6 Å². The number of hydrogen-bond acceptors (Lipinski definition) is 4. The van der Waals surface area contributed by atoms with Crippen molar-refractivity contribution in [2.45, 2.75) is 59.4 Å². The summed E-state index contributed by atoms with van der Waals surface area (Å²) in [5.74, 6) is 0.748. The molecule has 25 heavy (non-hydrogen) atoms. The number of fused-ring (bicyclic) bond motifs is 1. The molecule has 1 aromatic carbocycles. The highest BCUT2D eigenvalue weighted by atomic mass is 28.3. The largest absolute Gasteiger partial charge is 0.450 e. The fraction of sp³-hybridized carbons (Fsp3) is 0.579. The Balaban J connectivity index is 1.90. The van der Waals surface area contributed by atoms with Crippen molar-refractivity contribution in [3.05, 3.63) is 29.7 Å². The van der Waals surface area contributed by atoms with Gasteiger partial charge in [0.15, 0.2) is 11.5 Å². The number of rotatable bonds is 6. The van der Waals surface area contributed by atoms with E-state index in [0.29, 0.717) is 13.2 Å². The minimum Gasteiger partial charge on any atom is -0.450 e. The maximum absolute atomic E-state index is 11.8. The van der Waals surface area contributed by atoms with E-state index in [1.54, 1.807) is 0 Å². The summed E-state index contributed by atoms with van der Waals surface area (Å²) >= 11 is 0. The van der Waals surface area contributed by atoms with Crippen molar-refractivity contribution in [1.29, 1.82) is 0 Å². The summed E-state index contributed by atoms with van der Waals surface area (Å²) in [4.78, 5) is 16.3. The van der Waals surface area contributed by atoms with Crippen molar-refractivity contribution in [2.75, 3.05) is 6.61 Å². The van der Waals surface area contributed by atoms with Gasteiger partial charge in [-0.1, -0.05) is 46.5 Å². The first-order chi connectivity index (χ1) is 11.5. The lowest BCUT2D eigenvalue weighted by Gasteiger charge is -2.15. The first kappa shape index (κ1) is 19.5. The van der Waals surface area contributed by atoms with Gasteiger partial charge in [-0.05, 0) is 29.2 Å². The summed E-state index contributed by atoms with van der Waals surface area (Å²) < 4.78 is 11.0. The number of benzene rings is 1. The van der Waals surface area contributed by atoms with Crippen molar-refractivity contribution in [3.8, 4) is 0 Å². The topological polar surface area (TPSA) is 64.4 Å². The molecule has 0 unspecified atom stereocenters. The molecular weight excluding hydrogens is 332 g/mol. The molecule has 2 aromatic rings. The van der Waals surface area contributed by atoms with Gasteiger partial charge in [0.2, 0.25) is 0 Å². The fourth-order valence-corrected chi connectivity index (χ4v) is 3.05. The Kier molecular flexibility index (Phi) is 5.93. The maximum Gasteiger partial charge on any atom is 0.407 e. The first-order valence-electron chi connectivity index (χ1n) is 8.81. The molecule has 5 nitrogen and oxygen atoms in total. The highest BCUT2D eigenvalue weighted by molar-refractivity contribution is 6.76. The molecule has 2 rings (SSSR count). The van der Waals surface area contributed by atoms with Gasteiger partial charge in [-0.3, -0.25) is 0 Å². The lowest BCUT2D eigenvalue weighted by molar-refractivity contribution is 0.151. The molecule has 0 bridgehead atoms. The molecule has 1 heterocycles. The Bertz CT molecular complexity index is 726. The summed E-state index contributed by atoms with van der Waals surface area (Å²) in [5, 5.41) is 2.79. The van der Waals surface area contributed by atoms with Crippen molar-refractivity contribution >= 4 is 25.3 Å². The van der Waals surface area contributed by atoms with E-state index in [4.69, 9.17) is 9.15 Å². The molecule has 0 spiro atoms. The normalized spacial score (nSPS) is 12.4. The standard InChI is InChI=1S/C19H30N2O3Si/c1-19(2,3)12-17-21-15-11-14(7-8-16(15)24-17)13-20-18(22)23-9-10-25(4,5)6/h7-8,11H,9-10,12-13H2,1-6H3,(H,20,22). The molecular formula is C19H30N2O3Si. The van der Waals surface area contributed by atoms with Crippen LogP contribution in [0.2, 0.25) is 25.7 Å². The van der Waals surface area contributed by atoms with Crippen molar-refractivity contribution in [2.24, 2.45) is 5.41 Å². The van der Waals surface area contributed by atoms with Crippen molar-refractivity contribution in [3.63, 3.8) is 0 Å². The third-order valence-corrected chi connectivity index (χ3v) is 5.40. The predicted octanol–water partition coefficient (Wildman–Crippen LogP) is 4.98. The second-order valence-electron chi connectivity index (χ2n) is 8.95. The Hall–Kier alpha value is -1.82. The molecule has 0 aliphatic rings. The van der Waals surface area contributed by atoms with Gasteiger partial charge in [0.05, 0.1) is 6.61 Å². The number of carbonyl (C=O) groups excluding carboxylic acids is 1. The van der Waals surface area contributed by atoms with Crippen LogP contribution in [0, 0.1) is 5.41 Å². The molecule has 6 heteroatoms. The van der Waals surface area contributed by atoms with Crippen molar-refractivity contribution < 1.29 is 13.9 Å². The smallest absolute Gasteiger partial charge is 0.407 e. The first-order valence-corrected chi connectivity index (χ1v) is 12.5. The van der Waals surface area contributed by atoms with E-state index >= 15 is 0 Å². The zero-order valence-electron chi connectivity index (χ0n) is 16.2. The SMILES string of the molecule is CC(C)(C)Cc1nc2cc(CNC(=O)OCC[Si](C)(C)C)ccc2o1. The van der Waals surface area contributed by atoms with Gasteiger partial charge >= 0.3 is 6.09 Å². The number of aromatic nitrogens is 1. The summed E-state index contributed by atoms with van der Waals surface area (Å²) in [6.45, 7) is 14.2. The molecule has 0 fully saturated rings. The third-order valence-electron chi connectivity index (χ3n) is 3.70. The van der Waals surface area contributed by atoms with Crippen LogP contribution < -0.4 is 5.32 Å². The summed E-state index contributed by atoms with van der Waals surface area (Å²) in [6.07, 6.45) is 0.422. The van der Waals surface area contributed by atoms with Gasteiger partial charge in [-0.25, -0.2) is 9.78 Å². The second kappa shape index (κ2) is 7.60. The molecule has 0 saturated carbocycles. The Labute approximate surface area is 151 Å². The molecule has 0 radical (unpaired) electrons. The van der Waals surface area contributed by atoms with Crippen LogP contribution in [0.1, 0.15) is 32.2 Å². The molecule has 138 valence electrons. The van der Waals surface area contributed by atoms with Crippen LogP contribution in [0.5, 0.6) is 0 Å². The highest BCUT2D eigenvalue weighted by Gasteiger charge is 2.16. The minimum atomic E-state index is -1.18. The Morgan fingerprint density at radius 2 is 2.00 bits per heavy atom. The summed E-state index contributed by atoms with van der Waals surface area (Å²) in [7, 11) is -1.18. The zero-order chi connectivity index (χ0) is 18.7. The number of amides is 1. The van der Waals surface area contributed by atoms with Gasteiger partial charge in [0, 0.05) is 21.0 Å². The van der Waals surface area contributed by atoms with Gasteiger partial charge in [0.1, 0.15) is 5.52 Å². The number of nitrogens with zero attached hydrogens (tertiary/aromatic N) is 1. The average molecular weight is 363 g/mol. The summed E-state index contributed by atoms with van der Waals surface area (Å²) in [5.41, 5.74) is 2.71. The maximum atomic E-state index is 11.8. The van der Waals surface area contributed by atoms with Crippen molar-refractivity contribution in [1.82, 2.24) is 10.3 Å². The van der Waals surface area contributed by atoms with E-state index < -0.39 is 8.07 Å². The number of nitrogens with one attached hydrogen (secondary N) is 1. The molecule has 0 aliphatic heterocycles. The number of hydrogen-bond donors (Lipinski definition) is 1. The highest BCUT2D eigenvalue weighted by Crippen LogP contribution is 2.24. The lowest BCUT2D eigenvalue weighted by atomic mass is 9.92. The van der Waals surface area contributed by atoms with E-state index in [-0.39, 0.29) is 11.5 Å². The van der Waals surface area contributed by atoms with E-state index in [2.05, 4.69) is 50.7 Å². The molecule has 1 amide bonds. The average Bonchev–Trinajstić information content (AvgIpc) is 2.82. The van der Waals surface area contributed by atoms with Crippen LogP contribution in [0.25, 0.3) is 11.1 Å². The summed E-state index contributed by atoms with van der Waals surface area (Å²) in [6, 6.07) is 6.77. The van der Waals surface area contributed by atoms with Crippen LogP contribution in [0.4, 0.5) is 4.79 Å². The Morgan fingerprint density at radius 1 is 1.28 bits per heavy atom. The van der Waals surface area contributed by atoms with Crippen LogP contribution in [0.3, 0.4) is 0 Å². The molecule has 1 aromatic heterocycles. The quantitative estimate of drug-likeness (QED) is 0.736. The molecule has 0 atom stereocenters. The number of ether oxygens (including phenoxy) is 1. The number of alkyl carbamates (subject to hydrolysis) is 1. The molecule has 1 N–H and O–H groups in total. The molecule has 0 aliphatic carbocycles. The van der Waals surface area contributed by atoms with E-state index in [9.17, 15) is 4.79 Å². The Morgan fingerprint density at radius 3 is 2.64 bits per heavy atom.